The second kappa shape index (κ2) is 3.74. The number of aromatic nitrogens is 5. The van der Waals surface area contributed by atoms with E-state index in [1.807, 2.05) is 13.8 Å². The summed E-state index contributed by atoms with van der Waals surface area (Å²) in [5.74, 6) is 1.29. The van der Waals surface area contributed by atoms with Gasteiger partial charge in [-0.1, -0.05) is 0 Å². The first kappa shape index (κ1) is 9.72. The van der Waals surface area contributed by atoms with Crippen molar-refractivity contribution in [3.8, 4) is 5.82 Å². The largest absolute Gasteiger partial charge is 0.324 e. The molecule has 2 heterocycles. The van der Waals surface area contributed by atoms with Crippen molar-refractivity contribution in [1.82, 2.24) is 24.7 Å². The highest BCUT2D eigenvalue weighted by Gasteiger charge is 2.06. The van der Waals surface area contributed by atoms with E-state index in [0.29, 0.717) is 18.2 Å². The summed E-state index contributed by atoms with van der Waals surface area (Å²) >= 11 is 0. The molecule has 0 amide bonds. The summed E-state index contributed by atoms with van der Waals surface area (Å²) in [5, 5.41) is 4.18. The van der Waals surface area contributed by atoms with E-state index in [9.17, 15) is 0 Å². The Labute approximate surface area is 87.2 Å². The molecule has 0 saturated heterocycles. The van der Waals surface area contributed by atoms with Gasteiger partial charge in [-0.05, 0) is 13.8 Å². The Morgan fingerprint density at radius 2 is 2.13 bits per heavy atom. The number of hydrogen-bond donors (Lipinski definition) is 1. The topological polar surface area (TPSA) is 82.5 Å². The summed E-state index contributed by atoms with van der Waals surface area (Å²) in [4.78, 5) is 12.6. The van der Waals surface area contributed by atoms with Crippen molar-refractivity contribution in [2.45, 2.75) is 20.4 Å². The molecule has 0 fully saturated rings. The minimum atomic E-state index is 0.325. The lowest BCUT2D eigenvalue weighted by molar-refractivity contribution is 0.788. The van der Waals surface area contributed by atoms with Crippen LogP contribution in [-0.4, -0.2) is 24.7 Å². The predicted octanol–water partition coefficient (Wildman–Crippen LogP) is 0.133. The first-order valence-electron chi connectivity index (χ1n) is 4.62. The van der Waals surface area contributed by atoms with Gasteiger partial charge in [0, 0.05) is 6.20 Å². The van der Waals surface area contributed by atoms with E-state index in [2.05, 4.69) is 20.1 Å². The Morgan fingerprint density at radius 1 is 1.33 bits per heavy atom. The molecule has 0 aliphatic heterocycles. The zero-order valence-electron chi connectivity index (χ0n) is 8.68. The van der Waals surface area contributed by atoms with Crippen LogP contribution in [-0.2, 0) is 6.54 Å². The standard InChI is InChI=1S/C9H12N6/c1-6-4-11-7(2)9(13-6)15-5-12-8(3-10)14-15/h4-5H,3,10H2,1-2H3. The van der Waals surface area contributed by atoms with Gasteiger partial charge in [-0.3, -0.25) is 4.98 Å². The molecule has 0 saturated carbocycles. The van der Waals surface area contributed by atoms with Crippen LogP contribution < -0.4 is 5.73 Å². The first-order chi connectivity index (χ1) is 7.20. The third-order valence-electron chi connectivity index (χ3n) is 1.99. The number of hydrogen-bond acceptors (Lipinski definition) is 5. The van der Waals surface area contributed by atoms with Gasteiger partial charge in [0.1, 0.15) is 6.33 Å². The molecule has 0 radical (unpaired) electrons. The molecule has 0 aliphatic carbocycles. The molecule has 6 heteroatoms. The number of aryl methyl sites for hydroxylation is 2. The maximum atomic E-state index is 5.43. The zero-order chi connectivity index (χ0) is 10.8. The van der Waals surface area contributed by atoms with Gasteiger partial charge in [0.25, 0.3) is 0 Å². The lowest BCUT2D eigenvalue weighted by Crippen LogP contribution is -2.06. The van der Waals surface area contributed by atoms with Gasteiger partial charge in [-0.15, -0.1) is 5.10 Å². The zero-order valence-corrected chi connectivity index (χ0v) is 8.68. The fourth-order valence-corrected chi connectivity index (χ4v) is 1.23. The molecule has 2 aromatic rings. The van der Waals surface area contributed by atoms with Crippen LogP contribution in [0.25, 0.3) is 5.82 Å². The van der Waals surface area contributed by atoms with Gasteiger partial charge in [-0.25, -0.2) is 14.6 Å². The maximum absolute atomic E-state index is 5.43. The number of rotatable bonds is 2. The van der Waals surface area contributed by atoms with Crippen molar-refractivity contribution in [1.29, 1.82) is 0 Å². The first-order valence-corrected chi connectivity index (χ1v) is 4.62. The lowest BCUT2D eigenvalue weighted by Gasteiger charge is -2.03. The SMILES string of the molecule is Cc1cnc(C)c(-n2cnc(CN)n2)n1. The average molecular weight is 204 g/mol. The molecule has 15 heavy (non-hydrogen) atoms. The molecule has 78 valence electrons. The van der Waals surface area contributed by atoms with Crippen LogP contribution >= 0.6 is 0 Å². The van der Waals surface area contributed by atoms with Gasteiger partial charge < -0.3 is 5.73 Å². The van der Waals surface area contributed by atoms with Gasteiger partial charge in [-0.2, -0.15) is 0 Å². The molecule has 0 aromatic carbocycles. The van der Waals surface area contributed by atoms with Crippen LogP contribution in [0, 0.1) is 13.8 Å². The Kier molecular flexibility index (Phi) is 2.42. The summed E-state index contributed by atoms with van der Waals surface area (Å²) in [6.45, 7) is 4.09. The molecule has 2 N–H and O–H groups in total. The molecule has 2 rings (SSSR count). The summed E-state index contributed by atoms with van der Waals surface area (Å²) in [6.07, 6.45) is 3.32. The second-order valence-corrected chi connectivity index (χ2v) is 3.23. The summed E-state index contributed by atoms with van der Waals surface area (Å²) in [6, 6.07) is 0. The van der Waals surface area contributed by atoms with E-state index >= 15 is 0 Å². The molecule has 0 aliphatic rings. The molecule has 0 atom stereocenters. The fraction of sp³-hybridized carbons (Fsp3) is 0.333. The third kappa shape index (κ3) is 1.84. The van der Waals surface area contributed by atoms with Crippen LogP contribution in [0.15, 0.2) is 12.5 Å². The number of nitrogens with two attached hydrogens (primary N) is 1. The summed E-state index contributed by atoms with van der Waals surface area (Å²) < 4.78 is 1.59. The molecular weight excluding hydrogens is 192 g/mol. The molecule has 0 unspecified atom stereocenters. The van der Waals surface area contributed by atoms with Crippen molar-refractivity contribution in [2.24, 2.45) is 5.73 Å². The molecule has 0 spiro atoms. The number of nitrogens with zero attached hydrogens (tertiary/aromatic N) is 5. The summed E-state index contributed by atoms with van der Waals surface area (Å²) in [5.41, 5.74) is 7.10. The lowest BCUT2D eigenvalue weighted by atomic mass is 10.4. The smallest absolute Gasteiger partial charge is 0.176 e. The highest BCUT2D eigenvalue weighted by molar-refractivity contribution is 5.26. The quantitative estimate of drug-likeness (QED) is 0.752. The van der Waals surface area contributed by atoms with Crippen molar-refractivity contribution in [3.05, 3.63) is 29.7 Å². The van der Waals surface area contributed by atoms with E-state index < -0.39 is 0 Å². The minimum absolute atomic E-state index is 0.325. The van der Waals surface area contributed by atoms with Gasteiger partial charge in [0.15, 0.2) is 11.6 Å². The fourth-order valence-electron chi connectivity index (χ4n) is 1.23. The van der Waals surface area contributed by atoms with E-state index in [4.69, 9.17) is 5.73 Å². The predicted molar refractivity (Wildman–Crippen MR) is 54.3 cm³/mol. The van der Waals surface area contributed by atoms with E-state index in [0.717, 1.165) is 11.4 Å². The minimum Gasteiger partial charge on any atom is -0.324 e. The Balaban J connectivity index is 2.48. The van der Waals surface area contributed by atoms with Crippen molar-refractivity contribution in [2.75, 3.05) is 0 Å². The van der Waals surface area contributed by atoms with Gasteiger partial charge in [0.2, 0.25) is 0 Å². The van der Waals surface area contributed by atoms with Crippen LogP contribution in [0.3, 0.4) is 0 Å². The van der Waals surface area contributed by atoms with Crippen LogP contribution in [0.4, 0.5) is 0 Å². The molecule has 6 nitrogen and oxygen atoms in total. The van der Waals surface area contributed by atoms with Crippen molar-refractivity contribution >= 4 is 0 Å². The second-order valence-electron chi connectivity index (χ2n) is 3.23. The Hall–Kier alpha value is -1.82. The highest BCUT2D eigenvalue weighted by Crippen LogP contribution is 2.07. The van der Waals surface area contributed by atoms with Crippen LogP contribution in [0.5, 0.6) is 0 Å². The van der Waals surface area contributed by atoms with Gasteiger partial charge >= 0.3 is 0 Å². The van der Waals surface area contributed by atoms with Crippen LogP contribution in [0.1, 0.15) is 17.2 Å². The Morgan fingerprint density at radius 3 is 2.80 bits per heavy atom. The molecule has 2 aromatic heterocycles. The normalized spacial score (nSPS) is 10.6. The van der Waals surface area contributed by atoms with Gasteiger partial charge in [0.05, 0.1) is 17.9 Å². The maximum Gasteiger partial charge on any atom is 0.176 e. The van der Waals surface area contributed by atoms with E-state index in [1.165, 1.54) is 0 Å². The highest BCUT2D eigenvalue weighted by atomic mass is 15.4. The van der Waals surface area contributed by atoms with E-state index in [-0.39, 0.29) is 0 Å². The molecular formula is C9H12N6. The van der Waals surface area contributed by atoms with Crippen LogP contribution in [0.2, 0.25) is 0 Å². The average Bonchev–Trinajstić information content (AvgIpc) is 2.70. The molecule has 0 bridgehead atoms. The Bertz CT molecular complexity index is 475. The van der Waals surface area contributed by atoms with Crippen molar-refractivity contribution in [3.63, 3.8) is 0 Å². The summed E-state index contributed by atoms with van der Waals surface area (Å²) in [7, 11) is 0. The van der Waals surface area contributed by atoms with Crippen molar-refractivity contribution < 1.29 is 0 Å². The van der Waals surface area contributed by atoms with E-state index in [1.54, 1.807) is 17.2 Å². The monoisotopic (exact) mass is 204 g/mol. The third-order valence-corrected chi connectivity index (χ3v) is 1.99.